The third-order valence-electron chi connectivity index (χ3n) is 4.41. The number of benzene rings is 1. The lowest BCUT2D eigenvalue weighted by Crippen LogP contribution is -2.47. The quantitative estimate of drug-likeness (QED) is 0.845. The van der Waals surface area contributed by atoms with Crippen LogP contribution in [0.15, 0.2) is 24.3 Å². The van der Waals surface area contributed by atoms with Gasteiger partial charge in [-0.15, -0.1) is 0 Å². The summed E-state index contributed by atoms with van der Waals surface area (Å²) in [6.45, 7) is 4.74. The molecule has 6 heteroatoms. The van der Waals surface area contributed by atoms with Gasteiger partial charge in [0.1, 0.15) is 6.61 Å². The molecular formula is C18H24N2O4. The largest absolute Gasteiger partial charge is 0.485 e. The molecule has 2 heterocycles. The molecule has 1 atom stereocenters. The summed E-state index contributed by atoms with van der Waals surface area (Å²) in [5.41, 5.74) is 0. The van der Waals surface area contributed by atoms with Crippen LogP contribution in [0.25, 0.3) is 0 Å². The highest BCUT2D eigenvalue weighted by Gasteiger charge is 2.32. The molecule has 0 saturated carbocycles. The van der Waals surface area contributed by atoms with Gasteiger partial charge in [0.2, 0.25) is 12.0 Å². The topological polar surface area (TPSA) is 59.1 Å². The van der Waals surface area contributed by atoms with Gasteiger partial charge in [-0.3, -0.25) is 9.59 Å². The molecule has 2 aliphatic heterocycles. The molecule has 1 aromatic carbocycles. The molecular weight excluding hydrogens is 308 g/mol. The molecule has 2 amide bonds. The number of amides is 2. The first-order valence-corrected chi connectivity index (χ1v) is 8.64. The van der Waals surface area contributed by atoms with Crippen LogP contribution in [0.4, 0.5) is 0 Å². The molecule has 0 aromatic heterocycles. The van der Waals surface area contributed by atoms with E-state index in [4.69, 9.17) is 9.47 Å². The zero-order valence-corrected chi connectivity index (χ0v) is 14.1. The van der Waals surface area contributed by atoms with Gasteiger partial charge < -0.3 is 19.3 Å². The van der Waals surface area contributed by atoms with Crippen LogP contribution in [-0.4, -0.2) is 60.5 Å². The Morgan fingerprint density at radius 1 is 1.08 bits per heavy atom. The molecule has 0 N–H and O–H groups in total. The van der Waals surface area contributed by atoms with E-state index in [1.807, 2.05) is 36.1 Å². The monoisotopic (exact) mass is 332 g/mol. The summed E-state index contributed by atoms with van der Waals surface area (Å²) >= 11 is 0. The van der Waals surface area contributed by atoms with Crippen LogP contribution in [0.1, 0.15) is 26.2 Å². The molecule has 0 spiro atoms. The summed E-state index contributed by atoms with van der Waals surface area (Å²) in [6.07, 6.45) is 1.61. The van der Waals surface area contributed by atoms with Gasteiger partial charge in [0.15, 0.2) is 11.5 Å². The number of rotatable bonds is 3. The van der Waals surface area contributed by atoms with Crippen molar-refractivity contribution in [3.05, 3.63) is 24.3 Å². The summed E-state index contributed by atoms with van der Waals surface area (Å²) < 4.78 is 11.4. The second-order valence-corrected chi connectivity index (χ2v) is 6.17. The molecule has 1 fully saturated rings. The van der Waals surface area contributed by atoms with E-state index in [9.17, 15) is 9.59 Å². The van der Waals surface area contributed by atoms with Crippen LogP contribution >= 0.6 is 0 Å². The molecule has 1 unspecified atom stereocenters. The SMILES string of the molecule is CCCC(=O)N1CCCN(C(=O)C2COc3ccccc3O2)CC1. The highest BCUT2D eigenvalue weighted by Crippen LogP contribution is 2.31. The van der Waals surface area contributed by atoms with Gasteiger partial charge >= 0.3 is 0 Å². The first kappa shape index (κ1) is 16.6. The standard InChI is InChI=1S/C18H24N2O4/c1-2-6-17(21)19-9-5-10-20(12-11-19)18(22)16-13-23-14-7-3-4-8-15(14)24-16/h3-4,7-8,16H,2,5-6,9-13H2,1H3. The van der Waals surface area contributed by atoms with Crippen molar-refractivity contribution in [2.75, 3.05) is 32.8 Å². The van der Waals surface area contributed by atoms with Crippen molar-refractivity contribution in [1.82, 2.24) is 9.80 Å². The third kappa shape index (κ3) is 3.63. The van der Waals surface area contributed by atoms with Crippen LogP contribution in [0.5, 0.6) is 11.5 Å². The van der Waals surface area contributed by atoms with Crippen molar-refractivity contribution in [3.63, 3.8) is 0 Å². The second kappa shape index (κ2) is 7.55. The summed E-state index contributed by atoms with van der Waals surface area (Å²) in [7, 11) is 0. The van der Waals surface area contributed by atoms with Crippen LogP contribution in [0, 0.1) is 0 Å². The number of ether oxygens (including phenoxy) is 2. The Kier molecular flexibility index (Phi) is 5.23. The Balaban J connectivity index is 1.59. The van der Waals surface area contributed by atoms with Crippen LogP contribution in [-0.2, 0) is 9.59 Å². The first-order valence-electron chi connectivity index (χ1n) is 8.64. The Hall–Kier alpha value is -2.24. The maximum Gasteiger partial charge on any atom is 0.267 e. The molecule has 6 nitrogen and oxygen atoms in total. The molecule has 130 valence electrons. The average molecular weight is 332 g/mol. The summed E-state index contributed by atoms with van der Waals surface area (Å²) in [6, 6.07) is 7.38. The summed E-state index contributed by atoms with van der Waals surface area (Å²) in [5.74, 6) is 1.40. The molecule has 0 radical (unpaired) electrons. The van der Waals surface area contributed by atoms with E-state index in [2.05, 4.69) is 0 Å². The Labute approximate surface area is 142 Å². The average Bonchev–Trinajstić information content (AvgIpc) is 2.87. The molecule has 2 aliphatic rings. The normalized spacial score (nSPS) is 20.5. The lowest BCUT2D eigenvalue weighted by Gasteiger charge is -2.30. The van der Waals surface area contributed by atoms with Crippen molar-refractivity contribution in [3.8, 4) is 11.5 Å². The fraction of sp³-hybridized carbons (Fsp3) is 0.556. The third-order valence-corrected chi connectivity index (χ3v) is 4.41. The van der Waals surface area contributed by atoms with Gasteiger partial charge in [0.05, 0.1) is 0 Å². The number of hydrogen-bond acceptors (Lipinski definition) is 4. The lowest BCUT2D eigenvalue weighted by molar-refractivity contribution is -0.141. The zero-order chi connectivity index (χ0) is 16.9. The number of carbonyl (C=O) groups is 2. The van der Waals surface area contributed by atoms with Gasteiger partial charge in [-0.05, 0) is 25.0 Å². The highest BCUT2D eigenvalue weighted by atomic mass is 16.6. The minimum absolute atomic E-state index is 0.0608. The van der Waals surface area contributed by atoms with Gasteiger partial charge in [-0.2, -0.15) is 0 Å². The second-order valence-electron chi connectivity index (χ2n) is 6.17. The molecule has 1 saturated heterocycles. The van der Waals surface area contributed by atoms with Crippen molar-refractivity contribution >= 4 is 11.8 Å². The van der Waals surface area contributed by atoms with Crippen LogP contribution < -0.4 is 9.47 Å². The number of nitrogens with zero attached hydrogens (tertiary/aromatic N) is 2. The van der Waals surface area contributed by atoms with Gasteiger partial charge in [-0.1, -0.05) is 19.1 Å². The van der Waals surface area contributed by atoms with E-state index >= 15 is 0 Å². The maximum absolute atomic E-state index is 12.7. The lowest BCUT2D eigenvalue weighted by atomic mass is 10.2. The van der Waals surface area contributed by atoms with Crippen molar-refractivity contribution in [2.24, 2.45) is 0 Å². The number of hydrogen-bond donors (Lipinski definition) is 0. The molecule has 1 aromatic rings. The Bertz CT molecular complexity index is 604. The van der Waals surface area contributed by atoms with Crippen molar-refractivity contribution in [1.29, 1.82) is 0 Å². The van der Waals surface area contributed by atoms with E-state index < -0.39 is 6.10 Å². The van der Waals surface area contributed by atoms with E-state index in [0.717, 1.165) is 12.8 Å². The number of carbonyl (C=O) groups excluding carboxylic acids is 2. The van der Waals surface area contributed by atoms with Crippen molar-refractivity contribution in [2.45, 2.75) is 32.3 Å². The van der Waals surface area contributed by atoms with E-state index in [-0.39, 0.29) is 18.4 Å². The highest BCUT2D eigenvalue weighted by molar-refractivity contribution is 5.82. The number of fused-ring (bicyclic) bond motifs is 1. The minimum atomic E-state index is -0.613. The molecule has 0 bridgehead atoms. The fourth-order valence-electron chi connectivity index (χ4n) is 3.10. The van der Waals surface area contributed by atoms with Crippen molar-refractivity contribution < 1.29 is 19.1 Å². The molecule has 3 rings (SSSR count). The smallest absolute Gasteiger partial charge is 0.267 e. The minimum Gasteiger partial charge on any atom is -0.485 e. The summed E-state index contributed by atoms with van der Waals surface area (Å²) in [5, 5.41) is 0. The van der Waals surface area contributed by atoms with Gasteiger partial charge in [0, 0.05) is 32.6 Å². The molecule has 0 aliphatic carbocycles. The number of para-hydroxylation sites is 2. The van der Waals surface area contributed by atoms with Crippen LogP contribution in [0.2, 0.25) is 0 Å². The predicted octanol–water partition coefficient (Wildman–Crippen LogP) is 1.69. The Morgan fingerprint density at radius 3 is 2.58 bits per heavy atom. The predicted molar refractivity (Wildman–Crippen MR) is 89.0 cm³/mol. The molecule has 24 heavy (non-hydrogen) atoms. The zero-order valence-electron chi connectivity index (χ0n) is 14.1. The van der Waals surface area contributed by atoms with E-state index in [1.165, 1.54) is 0 Å². The van der Waals surface area contributed by atoms with Gasteiger partial charge in [-0.25, -0.2) is 0 Å². The maximum atomic E-state index is 12.7. The fourth-order valence-corrected chi connectivity index (χ4v) is 3.10. The summed E-state index contributed by atoms with van der Waals surface area (Å²) in [4.78, 5) is 28.4. The van der Waals surface area contributed by atoms with Gasteiger partial charge in [0.25, 0.3) is 5.91 Å². The first-order chi connectivity index (χ1) is 11.7. The Morgan fingerprint density at radius 2 is 1.79 bits per heavy atom. The van der Waals surface area contributed by atoms with E-state index in [0.29, 0.717) is 44.1 Å². The van der Waals surface area contributed by atoms with Crippen LogP contribution in [0.3, 0.4) is 0 Å². The van der Waals surface area contributed by atoms with E-state index in [1.54, 1.807) is 4.90 Å².